The number of nitrogens with zero attached hydrogens (tertiary/aromatic N) is 2. The van der Waals surface area contributed by atoms with E-state index in [1.807, 2.05) is 30.3 Å². The molecule has 2 heterocycles. The summed E-state index contributed by atoms with van der Waals surface area (Å²) in [4.78, 5) is 43.8. The molecule has 32 heavy (non-hydrogen) atoms. The van der Waals surface area contributed by atoms with Gasteiger partial charge in [0.25, 0.3) is 5.91 Å². The van der Waals surface area contributed by atoms with Gasteiger partial charge in [-0.2, -0.15) is 0 Å². The zero-order valence-corrected chi connectivity index (χ0v) is 17.5. The number of carbonyl (C=O) groups excluding carboxylic acids is 3. The topological polar surface area (TPSA) is 88.6 Å². The summed E-state index contributed by atoms with van der Waals surface area (Å²) < 4.78 is 5.35. The largest absolute Gasteiger partial charge is 0.452 e. The molecule has 0 radical (unpaired) electrons. The Morgan fingerprint density at radius 1 is 1.09 bits per heavy atom. The maximum absolute atomic E-state index is 12.8. The third-order valence-electron chi connectivity index (χ3n) is 5.83. The molecule has 162 valence electrons. The van der Waals surface area contributed by atoms with Crippen molar-refractivity contribution >= 4 is 40.1 Å². The third kappa shape index (κ3) is 4.06. The number of benzene rings is 2. The molecule has 5 rings (SSSR count). The molecule has 1 aliphatic heterocycles. The van der Waals surface area contributed by atoms with Crippen LogP contribution in [0.3, 0.4) is 0 Å². The van der Waals surface area contributed by atoms with Gasteiger partial charge in [0.2, 0.25) is 5.91 Å². The van der Waals surface area contributed by atoms with E-state index in [0.717, 1.165) is 30.5 Å². The van der Waals surface area contributed by atoms with Gasteiger partial charge in [-0.3, -0.25) is 14.6 Å². The second kappa shape index (κ2) is 8.42. The highest BCUT2D eigenvalue weighted by Crippen LogP contribution is 2.40. The van der Waals surface area contributed by atoms with E-state index in [1.165, 1.54) is 0 Å². The van der Waals surface area contributed by atoms with E-state index in [9.17, 15) is 14.4 Å². The Labute approximate surface area is 185 Å². The number of carbonyl (C=O) groups is 3. The second-order valence-corrected chi connectivity index (χ2v) is 8.18. The number of ether oxygens (including phenoxy) is 1. The van der Waals surface area contributed by atoms with Crippen LogP contribution in [0.15, 0.2) is 54.6 Å². The van der Waals surface area contributed by atoms with Gasteiger partial charge in [0.15, 0.2) is 6.61 Å². The first kappa shape index (κ1) is 20.2. The van der Waals surface area contributed by atoms with Crippen molar-refractivity contribution in [1.29, 1.82) is 0 Å². The van der Waals surface area contributed by atoms with Crippen molar-refractivity contribution in [2.45, 2.75) is 31.6 Å². The fourth-order valence-electron chi connectivity index (χ4n) is 4.07. The van der Waals surface area contributed by atoms with E-state index in [0.29, 0.717) is 41.2 Å². The highest BCUT2D eigenvalue weighted by Gasteiger charge is 2.28. The second-order valence-electron chi connectivity index (χ2n) is 8.18. The van der Waals surface area contributed by atoms with Crippen molar-refractivity contribution in [1.82, 2.24) is 4.98 Å². The van der Waals surface area contributed by atoms with Crippen LogP contribution < -0.4 is 10.2 Å². The molecule has 0 spiro atoms. The van der Waals surface area contributed by atoms with Crippen molar-refractivity contribution in [2.24, 2.45) is 0 Å². The number of nitrogens with one attached hydrogen (secondary N) is 1. The quantitative estimate of drug-likeness (QED) is 0.598. The molecule has 0 atom stereocenters. The number of hydrogen-bond acceptors (Lipinski definition) is 5. The van der Waals surface area contributed by atoms with E-state index in [4.69, 9.17) is 4.74 Å². The molecule has 0 bridgehead atoms. The summed E-state index contributed by atoms with van der Waals surface area (Å²) in [5.74, 6) is -0.588. The third-order valence-corrected chi connectivity index (χ3v) is 5.83. The van der Waals surface area contributed by atoms with Gasteiger partial charge in [0, 0.05) is 30.0 Å². The maximum atomic E-state index is 12.8. The number of amides is 2. The van der Waals surface area contributed by atoms with Crippen LogP contribution in [0.2, 0.25) is 0 Å². The van der Waals surface area contributed by atoms with Crippen LogP contribution in [0.4, 0.5) is 11.4 Å². The molecule has 7 heteroatoms. The molecular formula is C25H23N3O4. The molecule has 2 amide bonds. The van der Waals surface area contributed by atoms with E-state index >= 15 is 0 Å². The molecule has 2 fully saturated rings. The number of aromatic nitrogens is 1. The lowest BCUT2D eigenvalue weighted by molar-refractivity contribution is -0.119. The maximum Gasteiger partial charge on any atom is 0.339 e. The standard InChI is InChI=1S/C25H23N3O4/c29-23(27-20-8-3-4-9-22(20)28-13-5-10-24(28)30)15-32-25(31)18-14-21(16-11-12-16)26-19-7-2-1-6-17(18)19/h1-4,6-9,14,16H,5,10-13,15H2,(H,27,29). The van der Waals surface area contributed by atoms with Gasteiger partial charge in [0.05, 0.1) is 22.5 Å². The molecule has 1 aromatic heterocycles. The minimum atomic E-state index is -0.552. The molecular weight excluding hydrogens is 406 g/mol. The summed E-state index contributed by atoms with van der Waals surface area (Å²) >= 11 is 0. The van der Waals surface area contributed by atoms with Crippen molar-refractivity contribution in [3.05, 3.63) is 65.9 Å². The Morgan fingerprint density at radius 2 is 1.88 bits per heavy atom. The molecule has 2 aliphatic rings. The number of fused-ring (bicyclic) bond motifs is 1. The summed E-state index contributed by atoms with van der Waals surface area (Å²) in [6, 6.07) is 16.4. The fourth-order valence-corrected chi connectivity index (χ4v) is 4.07. The van der Waals surface area contributed by atoms with Crippen molar-refractivity contribution in [3.8, 4) is 0 Å². The van der Waals surface area contributed by atoms with Crippen LogP contribution in [0, 0.1) is 0 Å². The first-order valence-corrected chi connectivity index (χ1v) is 10.9. The fraction of sp³-hybridized carbons (Fsp3) is 0.280. The Hall–Kier alpha value is -3.74. The summed E-state index contributed by atoms with van der Waals surface area (Å²) in [5.41, 5.74) is 3.24. The van der Waals surface area contributed by atoms with Crippen LogP contribution in [0.25, 0.3) is 10.9 Å². The average Bonchev–Trinajstić information content (AvgIpc) is 3.58. The lowest BCUT2D eigenvalue weighted by Crippen LogP contribution is -2.27. The van der Waals surface area contributed by atoms with Gasteiger partial charge >= 0.3 is 5.97 Å². The van der Waals surface area contributed by atoms with E-state index < -0.39 is 18.5 Å². The van der Waals surface area contributed by atoms with Crippen molar-refractivity contribution in [2.75, 3.05) is 23.4 Å². The van der Waals surface area contributed by atoms with Crippen LogP contribution in [0.5, 0.6) is 0 Å². The van der Waals surface area contributed by atoms with Crippen LogP contribution in [0.1, 0.15) is 47.7 Å². The summed E-state index contributed by atoms with van der Waals surface area (Å²) in [7, 11) is 0. The number of para-hydroxylation sites is 3. The molecule has 1 aliphatic carbocycles. The van der Waals surface area contributed by atoms with Gasteiger partial charge in [-0.1, -0.05) is 30.3 Å². The number of anilines is 2. The zero-order valence-electron chi connectivity index (χ0n) is 17.5. The summed E-state index contributed by atoms with van der Waals surface area (Å²) in [6.45, 7) is 0.204. The monoisotopic (exact) mass is 429 g/mol. The number of esters is 1. The average molecular weight is 429 g/mol. The predicted molar refractivity (Wildman–Crippen MR) is 121 cm³/mol. The number of pyridine rings is 1. The molecule has 2 aromatic carbocycles. The van der Waals surface area contributed by atoms with Gasteiger partial charge in [-0.25, -0.2) is 4.79 Å². The van der Waals surface area contributed by atoms with Gasteiger partial charge < -0.3 is 15.0 Å². The molecule has 7 nitrogen and oxygen atoms in total. The SMILES string of the molecule is O=C(COC(=O)c1cc(C2CC2)nc2ccccc12)Nc1ccccc1N1CCCC1=O. The number of rotatable bonds is 6. The van der Waals surface area contributed by atoms with E-state index in [2.05, 4.69) is 10.3 Å². The minimum Gasteiger partial charge on any atom is -0.452 e. The van der Waals surface area contributed by atoms with E-state index in [1.54, 1.807) is 29.2 Å². The Bertz CT molecular complexity index is 1220. The highest BCUT2D eigenvalue weighted by molar-refractivity contribution is 6.05. The van der Waals surface area contributed by atoms with Crippen LogP contribution in [-0.4, -0.2) is 35.9 Å². The summed E-state index contributed by atoms with van der Waals surface area (Å²) in [5, 5.41) is 3.48. The Morgan fingerprint density at radius 3 is 2.66 bits per heavy atom. The van der Waals surface area contributed by atoms with Gasteiger partial charge in [0.1, 0.15) is 0 Å². The first-order chi connectivity index (χ1) is 15.6. The first-order valence-electron chi connectivity index (χ1n) is 10.9. The zero-order chi connectivity index (χ0) is 22.1. The van der Waals surface area contributed by atoms with Gasteiger partial charge in [-0.15, -0.1) is 0 Å². The highest BCUT2D eigenvalue weighted by atomic mass is 16.5. The molecule has 1 N–H and O–H groups in total. The summed E-state index contributed by atoms with van der Waals surface area (Å²) in [6.07, 6.45) is 3.44. The van der Waals surface area contributed by atoms with Crippen LogP contribution >= 0.6 is 0 Å². The molecule has 3 aromatic rings. The molecule has 1 saturated carbocycles. The normalized spacial score (nSPS) is 15.8. The van der Waals surface area contributed by atoms with Crippen molar-refractivity contribution < 1.29 is 19.1 Å². The molecule has 1 saturated heterocycles. The smallest absolute Gasteiger partial charge is 0.339 e. The predicted octanol–water partition coefficient (Wildman–Crippen LogP) is 4.03. The Balaban J connectivity index is 1.29. The minimum absolute atomic E-state index is 0.0363. The Kier molecular flexibility index (Phi) is 5.31. The van der Waals surface area contributed by atoms with Crippen molar-refractivity contribution in [3.63, 3.8) is 0 Å². The lowest BCUT2D eigenvalue weighted by atomic mass is 10.1. The lowest BCUT2D eigenvalue weighted by Gasteiger charge is -2.20. The van der Waals surface area contributed by atoms with Gasteiger partial charge in [-0.05, 0) is 43.5 Å². The number of hydrogen-bond donors (Lipinski definition) is 1. The van der Waals surface area contributed by atoms with E-state index in [-0.39, 0.29) is 5.91 Å². The van der Waals surface area contributed by atoms with Crippen LogP contribution in [-0.2, 0) is 14.3 Å². The molecule has 0 unspecified atom stereocenters.